The molecule has 0 unspecified atom stereocenters. The van der Waals surface area contributed by atoms with Crippen LogP contribution in [0.1, 0.15) is 5.89 Å². The Labute approximate surface area is 186 Å². The predicted octanol–water partition coefficient (Wildman–Crippen LogP) is 4.24. The summed E-state index contributed by atoms with van der Waals surface area (Å²) >= 11 is 6.99. The standard InChI is InChI=1S/C21H11ClF2N4O3S/c22-14-9-11(1-6-15(14)24)19-25-17(31-26-19)10-27-16-7-8-32-18(16)20(29)28(21(27)30)13-4-2-12(23)3-5-13/h1-9H,10H2. The van der Waals surface area contributed by atoms with Gasteiger partial charge in [0.2, 0.25) is 11.7 Å². The van der Waals surface area contributed by atoms with Crippen LogP contribution in [0, 0.1) is 11.6 Å². The van der Waals surface area contributed by atoms with Crippen molar-refractivity contribution in [3.8, 4) is 17.1 Å². The van der Waals surface area contributed by atoms with Gasteiger partial charge in [-0.15, -0.1) is 11.3 Å². The van der Waals surface area contributed by atoms with Gasteiger partial charge in [0.25, 0.3) is 5.56 Å². The van der Waals surface area contributed by atoms with Crippen molar-refractivity contribution >= 4 is 33.2 Å². The Balaban J connectivity index is 1.61. The molecule has 0 saturated heterocycles. The van der Waals surface area contributed by atoms with Crippen LogP contribution in [0.5, 0.6) is 0 Å². The SMILES string of the molecule is O=c1c2sccc2n(Cc2nc(-c3ccc(F)c(Cl)c3)no2)c(=O)n1-c1ccc(F)cc1. The van der Waals surface area contributed by atoms with E-state index in [1.807, 2.05) is 0 Å². The first-order chi connectivity index (χ1) is 15.4. The van der Waals surface area contributed by atoms with Gasteiger partial charge in [0.1, 0.15) is 22.9 Å². The first-order valence-electron chi connectivity index (χ1n) is 9.19. The summed E-state index contributed by atoms with van der Waals surface area (Å²) < 4.78 is 34.7. The van der Waals surface area contributed by atoms with E-state index in [9.17, 15) is 18.4 Å². The van der Waals surface area contributed by atoms with Gasteiger partial charge < -0.3 is 4.52 Å². The molecule has 0 amide bonds. The first kappa shape index (κ1) is 20.3. The fourth-order valence-corrected chi connectivity index (χ4v) is 4.27. The second-order valence-corrected chi connectivity index (χ2v) is 8.08. The third-order valence-electron chi connectivity index (χ3n) is 4.78. The summed E-state index contributed by atoms with van der Waals surface area (Å²) in [7, 11) is 0. The lowest BCUT2D eigenvalue weighted by Crippen LogP contribution is -2.38. The van der Waals surface area contributed by atoms with Crippen molar-refractivity contribution in [3.05, 3.63) is 97.3 Å². The van der Waals surface area contributed by atoms with Crippen LogP contribution in [0.2, 0.25) is 5.02 Å². The Hall–Kier alpha value is -3.63. The highest BCUT2D eigenvalue weighted by molar-refractivity contribution is 7.17. The Morgan fingerprint density at radius 3 is 2.59 bits per heavy atom. The maximum Gasteiger partial charge on any atom is 0.336 e. The number of nitrogens with zero attached hydrogens (tertiary/aromatic N) is 4. The number of rotatable bonds is 4. The van der Waals surface area contributed by atoms with Crippen LogP contribution in [0.4, 0.5) is 8.78 Å². The molecule has 32 heavy (non-hydrogen) atoms. The molecule has 0 aliphatic carbocycles. The molecule has 0 fully saturated rings. The lowest BCUT2D eigenvalue weighted by Gasteiger charge is -2.10. The van der Waals surface area contributed by atoms with Gasteiger partial charge in [-0.05, 0) is 53.9 Å². The maximum atomic E-state index is 13.4. The number of thiophene rings is 1. The van der Waals surface area contributed by atoms with E-state index in [4.69, 9.17) is 16.1 Å². The summed E-state index contributed by atoms with van der Waals surface area (Å²) in [6.07, 6.45) is 0. The number of halogens is 3. The highest BCUT2D eigenvalue weighted by Gasteiger charge is 2.18. The van der Waals surface area contributed by atoms with Crippen LogP contribution in [0.3, 0.4) is 0 Å². The third kappa shape index (κ3) is 3.43. The zero-order valence-corrected chi connectivity index (χ0v) is 17.5. The summed E-state index contributed by atoms with van der Waals surface area (Å²) in [6.45, 7) is -0.116. The molecule has 5 rings (SSSR count). The summed E-state index contributed by atoms with van der Waals surface area (Å²) in [5.41, 5.74) is -0.0617. The number of fused-ring (bicyclic) bond motifs is 1. The molecule has 0 aliphatic rings. The van der Waals surface area contributed by atoms with Crippen molar-refractivity contribution in [2.45, 2.75) is 6.54 Å². The molecule has 3 heterocycles. The van der Waals surface area contributed by atoms with E-state index < -0.39 is 22.9 Å². The van der Waals surface area contributed by atoms with Crippen LogP contribution in [0.15, 0.2) is 68.0 Å². The van der Waals surface area contributed by atoms with Gasteiger partial charge >= 0.3 is 5.69 Å². The maximum absolute atomic E-state index is 13.4. The molecule has 7 nitrogen and oxygen atoms in total. The van der Waals surface area contributed by atoms with Gasteiger partial charge in [0.15, 0.2) is 0 Å². The molecule has 160 valence electrons. The Bertz CT molecular complexity index is 1590. The first-order valence-corrected chi connectivity index (χ1v) is 10.4. The fourth-order valence-electron chi connectivity index (χ4n) is 3.26. The molecule has 0 atom stereocenters. The lowest BCUT2D eigenvalue weighted by molar-refractivity contribution is 0.370. The number of hydrogen-bond acceptors (Lipinski definition) is 6. The normalized spacial score (nSPS) is 11.3. The highest BCUT2D eigenvalue weighted by atomic mass is 35.5. The fraction of sp³-hybridized carbons (Fsp3) is 0.0476. The molecule has 3 aromatic heterocycles. The van der Waals surface area contributed by atoms with Gasteiger partial charge in [0, 0.05) is 5.56 Å². The van der Waals surface area contributed by atoms with E-state index in [-0.39, 0.29) is 29.0 Å². The zero-order chi connectivity index (χ0) is 22.4. The van der Waals surface area contributed by atoms with E-state index in [1.54, 1.807) is 11.4 Å². The van der Waals surface area contributed by atoms with Crippen molar-refractivity contribution in [2.24, 2.45) is 0 Å². The van der Waals surface area contributed by atoms with Crippen molar-refractivity contribution in [3.63, 3.8) is 0 Å². The van der Waals surface area contributed by atoms with Crippen LogP contribution < -0.4 is 11.2 Å². The molecule has 0 aliphatic heterocycles. The van der Waals surface area contributed by atoms with Gasteiger partial charge in [-0.25, -0.2) is 18.1 Å². The Morgan fingerprint density at radius 1 is 1.06 bits per heavy atom. The van der Waals surface area contributed by atoms with Crippen LogP contribution >= 0.6 is 22.9 Å². The van der Waals surface area contributed by atoms with Gasteiger partial charge in [-0.1, -0.05) is 16.8 Å². The van der Waals surface area contributed by atoms with Gasteiger partial charge in [-0.3, -0.25) is 9.36 Å². The second-order valence-electron chi connectivity index (χ2n) is 6.76. The largest absolute Gasteiger partial charge is 0.337 e. The number of benzene rings is 2. The third-order valence-corrected chi connectivity index (χ3v) is 5.96. The second kappa shape index (κ2) is 7.81. The molecule has 0 spiro atoms. The minimum Gasteiger partial charge on any atom is -0.337 e. The monoisotopic (exact) mass is 472 g/mol. The summed E-state index contributed by atoms with van der Waals surface area (Å²) in [6, 6.07) is 10.7. The molecular weight excluding hydrogens is 462 g/mol. The predicted molar refractivity (Wildman–Crippen MR) is 115 cm³/mol. The molecule has 2 aromatic carbocycles. The van der Waals surface area contributed by atoms with Crippen molar-refractivity contribution < 1.29 is 13.3 Å². The van der Waals surface area contributed by atoms with Crippen molar-refractivity contribution in [2.75, 3.05) is 0 Å². The smallest absolute Gasteiger partial charge is 0.336 e. The molecule has 5 aromatic rings. The Kier molecular flexibility index (Phi) is 4.95. The molecule has 0 saturated carbocycles. The number of aromatic nitrogens is 4. The topological polar surface area (TPSA) is 82.9 Å². The van der Waals surface area contributed by atoms with E-state index in [0.29, 0.717) is 15.8 Å². The lowest BCUT2D eigenvalue weighted by atomic mass is 10.2. The summed E-state index contributed by atoms with van der Waals surface area (Å²) in [4.78, 5) is 30.4. The molecule has 0 N–H and O–H groups in total. The average molecular weight is 473 g/mol. The van der Waals surface area contributed by atoms with Crippen molar-refractivity contribution in [1.29, 1.82) is 0 Å². The molecule has 0 radical (unpaired) electrons. The molecule has 0 bridgehead atoms. The summed E-state index contributed by atoms with van der Waals surface area (Å²) in [5, 5.41) is 5.47. The molecule has 11 heteroatoms. The van der Waals surface area contributed by atoms with E-state index >= 15 is 0 Å². The molecular formula is C21H11ClF2N4O3S. The van der Waals surface area contributed by atoms with E-state index in [1.165, 1.54) is 58.4 Å². The quantitative estimate of drug-likeness (QED) is 0.390. The minimum absolute atomic E-state index is 0.0866. The van der Waals surface area contributed by atoms with Gasteiger partial charge in [-0.2, -0.15) is 4.98 Å². The highest BCUT2D eigenvalue weighted by Crippen LogP contribution is 2.23. The Morgan fingerprint density at radius 2 is 1.84 bits per heavy atom. The average Bonchev–Trinajstić information content (AvgIpc) is 3.44. The van der Waals surface area contributed by atoms with Gasteiger partial charge in [0.05, 0.1) is 16.2 Å². The van der Waals surface area contributed by atoms with Crippen LogP contribution in [0.25, 0.3) is 27.3 Å². The minimum atomic E-state index is -0.642. The van der Waals surface area contributed by atoms with Crippen LogP contribution in [-0.4, -0.2) is 19.3 Å². The van der Waals surface area contributed by atoms with E-state index in [0.717, 1.165) is 4.57 Å². The zero-order valence-electron chi connectivity index (χ0n) is 16.0. The van der Waals surface area contributed by atoms with E-state index in [2.05, 4.69) is 10.1 Å². The van der Waals surface area contributed by atoms with Crippen molar-refractivity contribution in [1.82, 2.24) is 19.3 Å². The van der Waals surface area contributed by atoms with Crippen LogP contribution in [-0.2, 0) is 6.54 Å². The summed E-state index contributed by atoms with van der Waals surface area (Å²) in [5.74, 6) is -0.796. The number of hydrogen-bond donors (Lipinski definition) is 0.